The second kappa shape index (κ2) is 6.43. The summed E-state index contributed by atoms with van der Waals surface area (Å²) >= 11 is 0. The van der Waals surface area contributed by atoms with Crippen LogP contribution in [0.4, 0.5) is 0 Å². The van der Waals surface area contributed by atoms with Crippen molar-refractivity contribution in [2.75, 3.05) is 13.1 Å². The summed E-state index contributed by atoms with van der Waals surface area (Å²) in [6.45, 7) is 3.38. The summed E-state index contributed by atoms with van der Waals surface area (Å²) in [7, 11) is 0. The lowest BCUT2D eigenvalue weighted by Gasteiger charge is -2.04. The molecule has 0 atom stereocenters. The SMILES string of the molecule is Cc1ncoc1CNCCNC(N)=N[N+](=O)[O-]. The summed E-state index contributed by atoms with van der Waals surface area (Å²) in [6.07, 6.45) is 1.38. The van der Waals surface area contributed by atoms with E-state index in [2.05, 4.69) is 20.7 Å². The van der Waals surface area contributed by atoms with E-state index in [4.69, 9.17) is 10.2 Å². The van der Waals surface area contributed by atoms with Crippen molar-refractivity contribution in [1.82, 2.24) is 15.6 Å². The van der Waals surface area contributed by atoms with Crippen molar-refractivity contribution in [3.05, 3.63) is 28.0 Å². The topological polar surface area (TPSA) is 132 Å². The first kappa shape index (κ1) is 12.9. The molecule has 94 valence electrons. The van der Waals surface area contributed by atoms with Gasteiger partial charge in [-0.25, -0.2) is 15.1 Å². The molecule has 1 heterocycles. The van der Waals surface area contributed by atoms with Gasteiger partial charge in [-0.1, -0.05) is 0 Å². The zero-order valence-corrected chi connectivity index (χ0v) is 9.34. The molecule has 0 radical (unpaired) electrons. The van der Waals surface area contributed by atoms with Crippen LogP contribution in [0.25, 0.3) is 0 Å². The van der Waals surface area contributed by atoms with Gasteiger partial charge in [0.15, 0.2) is 11.4 Å². The maximum atomic E-state index is 9.95. The predicted molar refractivity (Wildman–Crippen MR) is 59.6 cm³/mol. The van der Waals surface area contributed by atoms with Gasteiger partial charge < -0.3 is 20.8 Å². The van der Waals surface area contributed by atoms with Crippen LogP contribution in [0.3, 0.4) is 0 Å². The molecule has 0 aliphatic heterocycles. The molecule has 0 aliphatic rings. The van der Waals surface area contributed by atoms with Crippen LogP contribution in [0.5, 0.6) is 0 Å². The Morgan fingerprint density at radius 3 is 3.06 bits per heavy atom. The molecule has 1 aromatic rings. The van der Waals surface area contributed by atoms with Crippen molar-refractivity contribution in [1.29, 1.82) is 0 Å². The highest BCUT2D eigenvalue weighted by molar-refractivity contribution is 5.76. The van der Waals surface area contributed by atoms with E-state index in [9.17, 15) is 10.1 Å². The van der Waals surface area contributed by atoms with Gasteiger partial charge in [0.05, 0.1) is 12.2 Å². The van der Waals surface area contributed by atoms with Crippen molar-refractivity contribution >= 4 is 5.96 Å². The van der Waals surface area contributed by atoms with Gasteiger partial charge in [-0.2, -0.15) is 0 Å². The molecule has 0 spiro atoms. The number of nitrogens with zero attached hydrogens (tertiary/aromatic N) is 3. The maximum Gasteiger partial charge on any atom is 0.266 e. The molecule has 0 fully saturated rings. The van der Waals surface area contributed by atoms with Crippen LogP contribution >= 0.6 is 0 Å². The van der Waals surface area contributed by atoms with Crippen molar-refractivity contribution in [3.63, 3.8) is 0 Å². The molecule has 0 bridgehead atoms. The number of hydrogen-bond acceptors (Lipinski definition) is 5. The average molecular weight is 242 g/mol. The molecular weight excluding hydrogens is 228 g/mol. The van der Waals surface area contributed by atoms with Crippen molar-refractivity contribution in [2.24, 2.45) is 10.8 Å². The van der Waals surface area contributed by atoms with Crippen LogP contribution in [-0.2, 0) is 6.54 Å². The monoisotopic (exact) mass is 242 g/mol. The number of oxazole rings is 1. The second-order valence-electron chi connectivity index (χ2n) is 3.19. The van der Waals surface area contributed by atoms with Gasteiger partial charge in [0.2, 0.25) is 0 Å². The number of guanidine groups is 1. The molecule has 0 aromatic carbocycles. The van der Waals surface area contributed by atoms with Crippen molar-refractivity contribution < 1.29 is 9.45 Å². The number of hydrogen-bond donors (Lipinski definition) is 3. The van der Waals surface area contributed by atoms with Gasteiger partial charge in [-0.05, 0) is 6.92 Å². The quantitative estimate of drug-likeness (QED) is 0.195. The minimum Gasteiger partial charge on any atom is -0.447 e. The smallest absolute Gasteiger partial charge is 0.266 e. The normalized spacial score (nSPS) is 11.5. The van der Waals surface area contributed by atoms with Crippen LogP contribution in [0.15, 0.2) is 15.9 Å². The Bertz CT molecular complexity index is 402. The van der Waals surface area contributed by atoms with Crippen LogP contribution in [0.1, 0.15) is 11.5 Å². The van der Waals surface area contributed by atoms with Crippen molar-refractivity contribution in [3.8, 4) is 0 Å². The minimum atomic E-state index is -0.854. The van der Waals surface area contributed by atoms with Gasteiger partial charge in [-0.3, -0.25) is 0 Å². The average Bonchev–Trinajstić information content (AvgIpc) is 2.63. The van der Waals surface area contributed by atoms with E-state index in [0.29, 0.717) is 19.6 Å². The van der Waals surface area contributed by atoms with Crippen LogP contribution in [0.2, 0.25) is 0 Å². The van der Waals surface area contributed by atoms with Gasteiger partial charge in [0.25, 0.3) is 5.96 Å². The number of rotatable bonds is 6. The van der Waals surface area contributed by atoms with Crippen LogP contribution < -0.4 is 16.4 Å². The number of aryl methyl sites for hydroxylation is 1. The zero-order chi connectivity index (χ0) is 12.7. The molecule has 0 unspecified atom stereocenters. The Morgan fingerprint density at radius 1 is 1.71 bits per heavy atom. The van der Waals surface area contributed by atoms with E-state index >= 15 is 0 Å². The summed E-state index contributed by atoms with van der Waals surface area (Å²) in [6, 6.07) is 0. The summed E-state index contributed by atoms with van der Waals surface area (Å²) in [4.78, 5) is 13.9. The number of aromatic nitrogens is 1. The second-order valence-corrected chi connectivity index (χ2v) is 3.19. The molecule has 0 saturated heterocycles. The van der Waals surface area contributed by atoms with Gasteiger partial charge in [-0.15, -0.1) is 0 Å². The number of nitro groups is 1. The fourth-order valence-electron chi connectivity index (χ4n) is 1.10. The van der Waals surface area contributed by atoms with Crippen LogP contribution in [0, 0.1) is 17.0 Å². The Balaban J connectivity index is 2.13. The third-order valence-corrected chi connectivity index (χ3v) is 1.93. The van der Waals surface area contributed by atoms with Gasteiger partial charge >= 0.3 is 0 Å². The Labute approximate surface area is 97.2 Å². The highest BCUT2D eigenvalue weighted by Crippen LogP contribution is 2.03. The van der Waals surface area contributed by atoms with Gasteiger partial charge in [0, 0.05) is 13.1 Å². The standard InChI is InChI=1S/C8H14N6O3/c1-6-7(17-5-12-6)4-10-2-3-11-8(9)13-14(15)16/h5,10H,2-4H2,1H3,(H3,9,11,13). The van der Waals surface area contributed by atoms with Crippen LogP contribution in [-0.4, -0.2) is 29.1 Å². The Morgan fingerprint density at radius 2 is 2.47 bits per heavy atom. The van der Waals surface area contributed by atoms with E-state index in [-0.39, 0.29) is 5.96 Å². The largest absolute Gasteiger partial charge is 0.447 e. The third-order valence-electron chi connectivity index (χ3n) is 1.93. The maximum absolute atomic E-state index is 9.95. The lowest BCUT2D eigenvalue weighted by Crippen LogP contribution is -2.37. The number of nitrogens with two attached hydrogens (primary N) is 1. The first-order valence-corrected chi connectivity index (χ1v) is 4.91. The van der Waals surface area contributed by atoms with E-state index in [1.54, 1.807) is 0 Å². The zero-order valence-electron chi connectivity index (χ0n) is 9.34. The number of hydrazone groups is 1. The minimum absolute atomic E-state index is 0.215. The summed E-state index contributed by atoms with van der Waals surface area (Å²) in [5.41, 5.74) is 6.05. The van der Waals surface area contributed by atoms with E-state index in [0.717, 1.165) is 11.5 Å². The fourth-order valence-corrected chi connectivity index (χ4v) is 1.10. The molecule has 1 aromatic heterocycles. The lowest BCUT2D eigenvalue weighted by molar-refractivity contribution is -0.485. The molecule has 0 saturated carbocycles. The molecule has 17 heavy (non-hydrogen) atoms. The molecule has 1 rings (SSSR count). The van der Waals surface area contributed by atoms with E-state index in [1.165, 1.54) is 6.39 Å². The summed E-state index contributed by atoms with van der Waals surface area (Å²) < 4.78 is 5.11. The Hall–Kier alpha value is -2.16. The molecule has 4 N–H and O–H groups in total. The molecule has 9 heteroatoms. The molecular formula is C8H14N6O3. The third kappa shape index (κ3) is 4.93. The summed E-state index contributed by atoms with van der Waals surface area (Å²) in [5, 5.41) is 17.6. The molecule has 9 nitrogen and oxygen atoms in total. The van der Waals surface area contributed by atoms with Gasteiger partial charge in [0.1, 0.15) is 10.9 Å². The number of nitrogens with one attached hydrogen (secondary N) is 2. The first-order valence-electron chi connectivity index (χ1n) is 4.91. The lowest BCUT2D eigenvalue weighted by atomic mass is 10.3. The first-order chi connectivity index (χ1) is 8.09. The van der Waals surface area contributed by atoms with E-state index in [1.807, 2.05) is 6.92 Å². The van der Waals surface area contributed by atoms with Crippen molar-refractivity contribution in [2.45, 2.75) is 13.5 Å². The fraction of sp³-hybridized carbons (Fsp3) is 0.500. The predicted octanol–water partition coefficient (Wildman–Crippen LogP) is -0.831. The highest BCUT2D eigenvalue weighted by atomic mass is 16.7. The van der Waals surface area contributed by atoms with E-state index < -0.39 is 5.03 Å². The molecule has 0 amide bonds. The Kier molecular flexibility index (Phi) is 4.88. The summed E-state index contributed by atoms with van der Waals surface area (Å²) in [5.74, 6) is 0.546. The molecule has 0 aliphatic carbocycles. The highest BCUT2D eigenvalue weighted by Gasteiger charge is 2.02.